The van der Waals surface area contributed by atoms with Gasteiger partial charge in [-0.05, 0) is 54.1 Å². The van der Waals surface area contributed by atoms with E-state index in [1.54, 1.807) is 48.5 Å². The molecule has 1 heterocycles. The molecule has 26 heavy (non-hydrogen) atoms. The van der Waals surface area contributed by atoms with Crippen molar-refractivity contribution in [3.63, 3.8) is 0 Å². The summed E-state index contributed by atoms with van der Waals surface area (Å²) in [5.41, 5.74) is 3.79. The van der Waals surface area contributed by atoms with Crippen molar-refractivity contribution in [2.75, 3.05) is 0 Å². The molecule has 0 saturated carbocycles. The molecule has 0 unspecified atom stereocenters. The second kappa shape index (κ2) is 8.56. The molecule has 0 aliphatic carbocycles. The van der Waals surface area contributed by atoms with Gasteiger partial charge in [-0.1, -0.05) is 29.3 Å². The summed E-state index contributed by atoms with van der Waals surface area (Å²) in [5.74, 6) is 0.854. The number of rotatable bonds is 6. The molecule has 132 valence electrons. The van der Waals surface area contributed by atoms with Crippen LogP contribution in [0.5, 0.6) is 5.75 Å². The van der Waals surface area contributed by atoms with Crippen LogP contribution in [-0.2, 0) is 6.61 Å². The Kier molecular flexibility index (Phi) is 5.94. The number of amides is 1. The van der Waals surface area contributed by atoms with Crippen molar-refractivity contribution in [1.82, 2.24) is 5.43 Å². The maximum atomic E-state index is 12.0. The Bertz CT molecular complexity index is 907. The predicted octanol–water partition coefficient (Wildman–Crippen LogP) is 4.93. The molecule has 1 aromatic heterocycles. The Hall–Kier alpha value is -2.76. The summed E-state index contributed by atoms with van der Waals surface area (Å²) in [6.07, 6.45) is 2.95. The van der Waals surface area contributed by atoms with Crippen LogP contribution in [-0.4, -0.2) is 12.1 Å². The van der Waals surface area contributed by atoms with Gasteiger partial charge in [-0.25, -0.2) is 5.43 Å². The Morgan fingerprint density at radius 1 is 1.12 bits per heavy atom. The minimum absolute atomic E-state index is 0.330. The maximum Gasteiger partial charge on any atom is 0.271 e. The molecule has 0 fully saturated rings. The highest BCUT2D eigenvalue weighted by Gasteiger charge is 2.05. The van der Waals surface area contributed by atoms with Gasteiger partial charge in [0, 0.05) is 5.56 Å². The van der Waals surface area contributed by atoms with E-state index in [-0.39, 0.29) is 5.91 Å². The zero-order valence-corrected chi connectivity index (χ0v) is 15.0. The summed E-state index contributed by atoms with van der Waals surface area (Å²) in [5, 5.41) is 4.81. The lowest BCUT2D eigenvalue weighted by atomic mass is 10.2. The van der Waals surface area contributed by atoms with Crippen LogP contribution in [0.2, 0.25) is 10.0 Å². The molecule has 1 amide bonds. The van der Waals surface area contributed by atoms with Gasteiger partial charge in [-0.2, -0.15) is 5.10 Å². The second-order valence-electron chi connectivity index (χ2n) is 5.28. The van der Waals surface area contributed by atoms with Crippen LogP contribution in [0.15, 0.2) is 70.4 Å². The number of carbonyl (C=O) groups is 1. The van der Waals surface area contributed by atoms with Crippen LogP contribution >= 0.6 is 23.2 Å². The second-order valence-corrected chi connectivity index (χ2v) is 6.09. The lowest BCUT2D eigenvalue weighted by Gasteiger charge is -2.08. The Morgan fingerprint density at radius 3 is 2.62 bits per heavy atom. The molecule has 0 saturated heterocycles. The van der Waals surface area contributed by atoms with Crippen molar-refractivity contribution >= 4 is 35.3 Å². The van der Waals surface area contributed by atoms with Crippen molar-refractivity contribution in [1.29, 1.82) is 0 Å². The van der Waals surface area contributed by atoms with Crippen LogP contribution in [0.3, 0.4) is 0 Å². The van der Waals surface area contributed by atoms with Crippen LogP contribution < -0.4 is 10.2 Å². The fourth-order valence-electron chi connectivity index (χ4n) is 2.08. The minimum atomic E-state index is -0.330. The average molecular weight is 389 g/mol. The highest BCUT2D eigenvalue weighted by atomic mass is 35.5. The van der Waals surface area contributed by atoms with E-state index < -0.39 is 0 Å². The molecule has 2 aromatic carbocycles. The predicted molar refractivity (Wildman–Crippen MR) is 101 cm³/mol. The molecular formula is C19H14Cl2N2O3. The fraction of sp³-hybridized carbons (Fsp3) is 0.0526. The van der Waals surface area contributed by atoms with Crippen LogP contribution in [0, 0.1) is 0 Å². The third kappa shape index (κ3) is 4.88. The smallest absolute Gasteiger partial charge is 0.271 e. The first-order valence-corrected chi connectivity index (χ1v) is 8.41. The standard InChI is InChI=1S/C19H14Cl2N2O3/c20-17-8-3-13(10-18(17)21)12-26-15-6-4-14(5-7-15)19(24)23-22-11-16-2-1-9-25-16/h1-11H,12H2,(H,23,24)/b22-11-. The van der Waals surface area contributed by atoms with E-state index in [0.29, 0.717) is 33.7 Å². The van der Waals surface area contributed by atoms with Gasteiger partial charge in [-0.15, -0.1) is 0 Å². The highest BCUT2D eigenvalue weighted by molar-refractivity contribution is 6.42. The van der Waals surface area contributed by atoms with E-state index in [4.69, 9.17) is 32.4 Å². The van der Waals surface area contributed by atoms with Crippen molar-refractivity contribution < 1.29 is 13.9 Å². The number of carbonyl (C=O) groups excluding carboxylic acids is 1. The number of hydrogen-bond acceptors (Lipinski definition) is 4. The molecule has 3 rings (SSSR count). The van der Waals surface area contributed by atoms with Crippen molar-refractivity contribution in [3.8, 4) is 5.75 Å². The number of halogens is 2. The lowest BCUT2D eigenvalue weighted by molar-refractivity contribution is 0.0955. The van der Waals surface area contributed by atoms with Crippen molar-refractivity contribution in [2.24, 2.45) is 5.10 Å². The third-order valence-corrected chi connectivity index (χ3v) is 4.15. The number of nitrogens with zero attached hydrogens (tertiary/aromatic N) is 1. The van der Waals surface area contributed by atoms with Gasteiger partial charge in [0.25, 0.3) is 5.91 Å². The van der Waals surface area contributed by atoms with Crippen LogP contribution in [0.4, 0.5) is 0 Å². The van der Waals surface area contributed by atoms with Crippen LogP contribution in [0.25, 0.3) is 0 Å². The molecule has 0 aliphatic heterocycles. The third-order valence-electron chi connectivity index (χ3n) is 3.41. The molecule has 3 aromatic rings. The van der Waals surface area contributed by atoms with Gasteiger partial charge in [0.2, 0.25) is 0 Å². The molecule has 0 atom stereocenters. The highest BCUT2D eigenvalue weighted by Crippen LogP contribution is 2.23. The Balaban J connectivity index is 1.54. The van der Waals surface area contributed by atoms with Gasteiger partial charge in [0.15, 0.2) is 0 Å². The topological polar surface area (TPSA) is 63.8 Å². The molecule has 7 heteroatoms. The zero-order valence-electron chi connectivity index (χ0n) is 13.5. The van der Waals surface area contributed by atoms with Gasteiger partial charge in [0.1, 0.15) is 18.1 Å². The van der Waals surface area contributed by atoms with E-state index >= 15 is 0 Å². The van der Waals surface area contributed by atoms with Gasteiger partial charge >= 0.3 is 0 Å². The molecular weight excluding hydrogens is 375 g/mol. The van der Waals surface area contributed by atoms with Gasteiger partial charge < -0.3 is 9.15 Å². The quantitative estimate of drug-likeness (QED) is 0.480. The molecule has 0 radical (unpaired) electrons. The van der Waals surface area contributed by atoms with E-state index in [1.165, 1.54) is 12.5 Å². The number of hydrogen-bond donors (Lipinski definition) is 1. The summed E-state index contributed by atoms with van der Waals surface area (Å²) >= 11 is 11.9. The number of furan rings is 1. The average Bonchev–Trinajstić information content (AvgIpc) is 3.16. The Morgan fingerprint density at radius 2 is 1.92 bits per heavy atom. The first-order chi connectivity index (χ1) is 12.6. The molecule has 5 nitrogen and oxygen atoms in total. The molecule has 0 spiro atoms. The van der Waals surface area contributed by atoms with E-state index in [9.17, 15) is 4.79 Å². The van der Waals surface area contributed by atoms with E-state index in [2.05, 4.69) is 10.5 Å². The SMILES string of the molecule is O=C(N/N=C\c1ccco1)c1ccc(OCc2ccc(Cl)c(Cl)c2)cc1. The first-order valence-electron chi connectivity index (χ1n) is 7.65. The maximum absolute atomic E-state index is 12.0. The normalized spacial score (nSPS) is 10.8. The summed E-state index contributed by atoms with van der Waals surface area (Å²) in [4.78, 5) is 12.0. The summed E-state index contributed by atoms with van der Waals surface area (Å²) in [6, 6.07) is 15.5. The zero-order chi connectivity index (χ0) is 18.4. The lowest BCUT2D eigenvalue weighted by Crippen LogP contribution is -2.17. The first kappa shape index (κ1) is 18.0. The Labute approximate surface area is 160 Å². The van der Waals surface area contributed by atoms with Crippen molar-refractivity contribution in [3.05, 3.63) is 87.8 Å². The number of ether oxygens (including phenoxy) is 1. The van der Waals surface area contributed by atoms with E-state index in [0.717, 1.165) is 5.56 Å². The van der Waals surface area contributed by atoms with Gasteiger partial charge in [-0.3, -0.25) is 4.79 Å². The molecule has 0 aliphatic rings. The minimum Gasteiger partial charge on any atom is -0.489 e. The summed E-state index contributed by atoms with van der Waals surface area (Å²) in [7, 11) is 0. The molecule has 0 bridgehead atoms. The van der Waals surface area contributed by atoms with E-state index in [1.807, 2.05) is 6.07 Å². The van der Waals surface area contributed by atoms with Crippen molar-refractivity contribution in [2.45, 2.75) is 6.61 Å². The van der Waals surface area contributed by atoms with Gasteiger partial charge in [0.05, 0.1) is 22.5 Å². The molecule has 1 N–H and O–H groups in total. The monoisotopic (exact) mass is 388 g/mol. The fourth-order valence-corrected chi connectivity index (χ4v) is 2.40. The number of nitrogens with one attached hydrogen (secondary N) is 1. The van der Waals surface area contributed by atoms with Crippen LogP contribution in [0.1, 0.15) is 21.7 Å². The summed E-state index contributed by atoms with van der Waals surface area (Å²) in [6.45, 7) is 0.343. The largest absolute Gasteiger partial charge is 0.489 e. The summed E-state index contributed by atoms with van der Waals surface area (Å²) < 4.78 is 10.8. The number of benzene rings is 2. The number of hydrazone groups is 1.